The molecule has 1 saturated heterocycles. The lowest BCUT2D eigenvalue weighted by Crippen LogP contribution is -2.49. The van der Waals surface area contributed by atoms with Crippen molar-refractivity contribution in [3.05, 3.63) is 24.0 Å². The molecular weight excluding hydrogens is 182 g/mol. The number of hydrogen-bond acceptors (Lipinski definition) is 3. The van der Waals surface area contributed by atoms with Crippen LogP contribution in [0.3, 0.4) is 0 Å². The van der Waals surface area contributed by atoms with Crippen LogP contribution in [0.2, 0.25) is 0 Å². The van der Waals surface area contributed by atoms with Gasteiger partial charge in [-0.3, -0.25) is 4.79 Å². The second-order valence-corrected chi connectivity index (χ2v) is 3.32. The number of carbonyl (C=O) groups excluding carboxylic acids is 1. The number of morpholine rings is 1. The van der Waals surface area contributed by atoms with Crippen molar-refractivity contribution in [1.29, 1.82) is 0 Å². The fourth-order valence-electron chi connectivity index (χ4n) is 1.73. The number of amides is 1. The molecule has 0 spiro atoms. The molecule has 2 rings (SSSR count). The van der Waals surface area contributed by atoms with Crippen LogP contribution >= 0.6 is 0 Å². The quantitative estimate of drug-likeness (QED) is 0.649. The first-order valence-corrected chi connectivity index (χ1v) is 4.61. The van der Waals surface area contributed by atoms with Gasteiger partial charge in [-0.05, 0) is 12.5 Å². The molecule has 0 radical (unpaired) electrons. The van der Waals surface area contributed by atoms with Gasteiger partial charge in [0, 0.05) is 7.11 Å². The number of hydrogen-bond donors (Lipinski definition) is 0. The second kappa shape index (κ2) is 3.84. The fraction of sp³-hybridized carbons (Fsp3) is 0.500. The van der Waals surface area contributed by atoms with E-state index in [4.69, 9.17) is 9.47 Å². The van der Waals surface area contributed by atoms with Crippen molar-refractivity contribution in [2.45, 2.75) is 12.5 Å². The molecule has 4 nitrogen and oxygen atoms in total. The Bertz CT molecular complexity index is 296. The first-order chi connectivity index (χ1) is 6.83. The van der Waals surface area contributed by atoms with E-state index >= 15 is 0 Å². The van der Waals surface area contributed by atoms with Gasteiger partial charge in [0.15, 0.2) is 6.61 Å². The highest BCUT2D eigenvalue weighted by atomic mass is 16.5. The maximum atomic E-state index is 11.5. The molecule has 0 saturated carbocycles. The van der Waals surface area contributed by atoms with E-state index in [1.165, 1.54) is 0 Å². The number of allylic oxidation sites excluding steroid dienone is 2. The van der Waals surface area contributed by atoms with Crippen molar-refractivity contribution in [1.82, 2.24) is 4.90 Å². The zero-order chi connectivity index (χ0) is 9.97. The molecule has 0 aromatic heterocycles. The largest absolute Gasteiger partial charge is 0.486 e. The number of carbonyl (C=O) groups is 1. The first-order valence-electron chi connectivity index (χ1n) is 4.61. The van der Waals surface area contributed by atoms with Gasteiger partial charge < -0.3 is 14.4 Å². The monoisotopic (exact) mass is 195 g/mol. The summed E-state index contributed by atoms with van der Waals surface area (Å²) in [6.07, 6.45) is 6.69. The summed E-state index contributed by atoms with van der Waals surface area (Å²) in [4.78, 5) is 13.2. The Balaban J connectivity index is 2.17. The highest BCUT2D eigenvalue weighted by molar-refractivity contribution is 5.79. The molecular formula is C10H13NO3. The summed E-state index contributed by atoms with van der Waals surface area (Å²) in [5, 5.41) is 0. The molecule has 1 fully saturated rings. The number of ether oxygens (including phenoxy) is 2. The van der Waals surface area contributed by atoms with Crippen LogP contribution in [0.25, 0.3) is 0 Å². The van der Waals surface area contributed by atoms with Gasteiger partial charge in [0.2, 0.25) is 0 Å². The Labute approximate surface area is 82.8 Å². The molecule has 0 bridgehead atoms. The van der Waals surface area contributed by atoms with Crippen LogP contribution in [0.1, 0.15) is 6.42 Å². The summed E-state index contributed by atoms with van der Waals surface area (Å²) in [6, 6.07) is 0.0289. The summed E-state index contributed by atoms with van der Waals surface area (Å²) < 4.78 is 10.3. The molecule has 1 aliphatic carbocycles. The predicted octanol–water partition coefficient (Wildman–Crippen LogP) is 0.661. The Morgan fingerprint density at radius 3 is 3.36 bits per heavy atom. The van der Waals surface area contributed by atoms with E-state index < -0.39 is 0 Å². The molecule has 1 amide bonds. The van der Waals surface area contributed by atoms with Crippen molar-refractivity contribution in [3.8, 4) is 0 Å². The van der Waals surface area contributed by atoms with E-state index in [0.717, 1.165) is 12.2 Å². The van der Waals surface area contributed by atoms with Crippen molar-refractivity contribution >= 4 is 5.91 Å². The third kappa shape index (κ3) is 1.53. The minimum Gasteiger partial charge on any atom is -0.486 e. The molecule has 1 unspecified atom stereocenters. The minimum absolute atomic E-state index is 0.00991. The van der Waals surface area contributed by atoms with E-state index in [0.29, 0.717) is 6.73 Å². The van der Waals surface area contributed by atoms with E-state index in [9.17, 15) is 4.79 Å². The standard InChI is InChI=1S/C10H13NO3/c1-13-7-11-8-4-2-3-5-9(8)14-6-10(11)12/h2-3,5,8H,4,6-7H2,1H3. The fourth-order valence-corrected chi connectivity index (χ4v) is 1.73. The smallest absolute Gasteiger partial charge is 0.262 e. The lowest BCUT2D eigenvalue weighted by Gasteiger charge is -2.37. The lowest BCUT2D eigenvalue weighted by molar-refractivity contribution is -0.149. The Hall–Kier alpha value is -1.29. The van der Waals surface area contributed by atoms with Gasteiger partial charge in [-0.1, -0.05) is 12.2 Å². The van der Waals surface area contributed by atoms with Gasteiger partial charge in [0.1, 0.15) is 12.5 Å². The maximum absolute atomic E-state index is 11.5. The van der Waals surface area contributed by atoms with Gasteiger partial charge in [-0.25, -0.2) is 0 Å². The molecule has 2 aliphatic rings. The molecule has 0 aromatic carbocycles. The molecule has 1 aliphatic heterocycles. The van der Waals surface area contributed by atoms with Gasteiger partial charge in [-0.15, -0.1) is 0 Å². The summed E-state index contributed by atoms with van der Waals surface area (Å²) in [7, 11) is 1.59. The Morgan fingerprint density at radius 2 is 2.57 bits per heavy atom. The first kappa shape index (κ1) is 9.27. The van der Waals surface area contributed by atoms with Crippen LogP contribution in [0.15, 0.2) is 24.0 Å². The van der Waals surface area contributed by atoms with Gasteiger partial charge >= 0.3 is 0 Å². The number of methoxy groups -OCH3 is 1. The van der Waals surface area contributed by atoms with Crippen LogP contribution in [0.4, 0.5) is 0 Å². The third-order valence-electron chi connectivity index (χ3n) is 2.41. The van der Waals surface area contributed by atoms with Crippen LogP contribution in [-0.2, 0) is 14.3 Å². The average Bonchev–Trinajstić information content (AvgIpc) is 2.23. The molecule has 4 heteroatoms. The van der Waals surface area contributed by atoms with Crippen LogP contribution in [0.5, 0.6) is 0 Å². The molecule has 0 aromatic rings. The second-order valence-electron chi connectivity index (χ2n) is 3.32. The molecule has 0 N–H and O–H groups in total. The Kier molecular flexibility index (Phi) is 2.54. The van der Waals surface area contributed by atoms with E-state index in [1.807, 2.05) is 18.2 Å². The van der Waals surface area contributed by atoms with E-state index in [-0.39, 0.29) is 18.6 Å². The van der Waals surface area contributed by atoms with Crippen molar-refractivity contribution in [2.24, 2.45) is 0 Å². The predicted molar refractivity (Wildman–Crippen MR) is 50.3 cm³/mol. The summed E-state index contributed by atoms with van der Waals surface area (Å²) in [6.45, 7) is 0.456. The SMILES string of the molecule is COCN1C(=O)COC2=CC=CCC21. The number of fused-ring (bicyclic) bond motifs is 1. The Morgan fingerprint density at radius 1 is 1.71 bits per heavy atom. The van der Waals surface area contributed by atoms with Gasteiger partial charge in [-0.2, -0.15) is 0 Å². The van der Waals surface area contributed by atoms with Crippen LogP contribution in [-0.4, -0.2) is 37.3 Å². The van der Waals surface area contributed by atoms with Gasteiger partial charge in [0.25, 0.3) is 5.91 Å². The maximum Gasteiger partial charge on any atom is 0.262 e. The molecule has 1 heterocycles. The van der Waals surface area contributed by atoms with Crippen molar-refractivity contribution in [2.75, 3.05) is 20.4 Å². The minimum atomic E-state index is -0.00991. The van der Waals surface area contributed by atoms with Crippen molar-refractivity contribution < 1.29 is 14.3 Å². The number of nitrogens with zero attached hydrogens (tertiary/aromatic N) is 1. The average molecular weight is 195 g/mol. The highest BCUT2D eigenvalue weighted by Crippen LogP contribution is 2.24. The third-order valence-corrected chi connectivity index (χ3v) is 2.41. The lowest BCUT2D eigenvalue weighted by atomic mass is 10.0. The zero-order valence-corrected chi connectivity index (χ0v) is 8.10. The molecule has 14 heavy (non-hydrogen) atoms. The zero-order valence-electron chi connectivity index (χ0n) is 8.10. The normalized spacial score (nSPS) is 25.5. The number of rotatable bonds is 2. The summed E-state index contributed by atoms with van der Waals surface area (Å²) >= 11 is 0. The van der Waals surface area contributed by atoms with Gasteiger partial charge in [0.05, 0.1) is 6.04 Å². The van der Waals surface area contributed by atoms with E-state index in [1.54, 1.807) is 12.0 Å². The van der Waals surface area contributed by atoms with E-state index in [2.05, 4.69) is 0 Å². The molecule has 1 atom stereocenters. The summed E-state index contributed by atoms with van der Waals surface area (Å²) in [5.41, 5.74) is 0. The van der Waals surface area contributed by atoms with Crippen LogP contribution in [0, 0.1) is 0 Å². The topological polar surface area (TPSA) is 38.8 Å². The van der Waals surface area contributed by atoms with Crippen molar-refractivity contribution in [3.63, 3.8) is 0 Å². The summed E-state index contributed by atoms with van der Waals surface area (Å²) in [5.74, 6) is 0.855. The molecule has 76 valence electrons. The highest BCUT2D eigenvalue weighted by Gasteiger charge is 2.32. The van der Waals surface area contributed by atoms with Crippen LogP contribution < -0.4 is 0 Å².